The molecular formula is C18H23Cl2N3. The largest absolute Gasteiger partial charge is 0.369 e. The zero-order valence-electron chi connectivity index (χ0n) is 13.4. The van der Waals surface area contributed by atoms with Gasteiger partial charge in [0.15, 0.2) is 0 Å². The third-order valence-electron chi connectivity index (χ3n) is 3.69. The molecule has 0 saturated heterocycles. The fourth-order valence-electron chi connectivity index (χ4n) is 2.41. The lowest BCUT2D eigenvalue weighted by atomic mass is 10.1. The van der Waals surface area contributed by atoms with Crippen molar-refractivity contribution in [3.8, 4) is 0 Å². The third-order valence-corrected chi connectivity index (χ3v) is 4.02. The van der Waals surface area contributed by atoms with Crippen LogP contribution in [0.3, 0.4) is 0 Å². The van der Waals surface area contributed by atoms with E-state index >= 15 is 0 Å². The van der Waals surface area contributed by atoms with Crippen LogP contribution in [0.1, 0.15) is 11.1 Å². The van der Waals surface area contributed by atoms with Gasteiger partial charge in [-0.1, -0.05) is 24.3 Å². The molecule has 0 aromatic heterocycles. The van der Waals surface area contributed by atoms with E-state index in [1.54, 1.807) is 0 Å². The first-order valence-corrected chi connectivity index (χ1v) is 8.82. The van der Waals surface area contributed by atoms with Gasteiger partial charge < -0.3 is 10.3 Å². The van der Waals surface area contributed by atoms with Crippen LogP contribution in [0.15, 0.2) is 48.5 Å². The molecule has 0 unspecified atom stereocenters. The number of nitrogens with zero attached hydrogens (tertiary/aromatic N) is 1. The fraction of sp³-hybridized carbons (Fsp3) is 0.333. The molecule has 0 bridgehead atoms. The molecule has 0 aliphatic rings. The van der Waals surface area contributed by atoms with Gasteiger partial charge in [0, 0.05) is 42.8 Å². The average molecular weight is 352 g/mol. The van der Waals surface area contributed by atoms with Crippen LogP contribution >= 0.6 is 23.2 Å². The molecular weight excluding hydrogens is 329 g/mol. The summed E-state index contributed by atoms with van der Waals surface area (Å²) in [6.07, 6.45) is 0. The second-order valence-electron chi connectivity index (χ2n) is 5.32. The smallest absolute Gasteiger partial charge is 0.0487 e. The number of halogens is 2. The molecule has 0 atom stereocenters. The lowest BCUT2D eigenvalue weighted by Crippen LogP contribution is -2.27. The van der Waals surface area contributed by atoms with E-state index in [-0.39, 0.29) is 0 Å². The summed E-state index contributed by atoms with van der Waals surface area (Å²) < 4.78 is 0. The molecule has 5 heteroatoms. The highest BCUT2D eigenvalue weighted by atomic mass is 35.5. The van der Waals surface area contributed by atoms with Gasteiger partial charge in [-0.25, -0.2) is 5.43 Å². The average Bonchev–Trinajstić information content (AvgIpc) is 2.57. The zero-order valence-corrected chi connectivity index (χ0v) is 14.9. The minimum absolute atomic E-state index is 0.597. The maximum Gasteiger partial charge on any atom is 0.0487 e. The molecule has 0 amide bonds. The topological polar surface area (TPSA) is 27.3 Å². The van der Waals surface area contributed by atoms with Crippen molar-refractivity contribution in [2.75, 3.05) is 35.2 Å². The number of alkyl halides is 2. The van der Waals surface area contributed by atoms with Gasteiger partial charge >= 0.3 is 0 Å². The maximum atomic E-state index is 5.88. The monoisotopic (exact) mass is 351 g/mol. The van der Waals surface area contributed by atoms with Crippen molar-refractivity contribution in [3.05, 3.63) is 59.7 Å². The highest BCUT2D eigenvalue weighted by Gasteiger charge is 2.07. The molecule has 0 heterocycles. The minimum Gasteiger partial charge on any atom is -0.369 e. The van der Waals surface area contributed by atoms with Crippen LogP contribution in [0.5, 0.6) is 0 Å². The van der Waals surface area contributed by atoms with Crippen LogP contribution < -0.4 is 15.8 Å². The van der Waals surface area contributed by atoms with Gasteiger partial charge in [-0.2, -0.15) is 0 Å². The number of rotatable bonds is 9. The Bertz CT molecular complexity index is 584. The van der Waals surface area contributed by atoms with E-state index in [4.69, 9.17) is 23.2 Å². The van der Waals surface area contributed by atoms with Gasteiger partial charge in [0.2, 0.25) is 0 Å². The Kier molecular flexibility index (Phi) is 7.53. The molecule has 2 aromatic rings. The summed E-state index contributed by atoms with van der Waals surface area (Å²) in [4.78, 5) is 2.21. The number of anilines is 2. The second kappa shape index (κ2) is 9.66. The molecule has 0 spiro atoms. The van der Waals surface area contributed by atoms with Gasteiger partial charge in [-0.15, -0.1) is 23.2 Å². The lowest BCUT2D eigenvalue weighted by Gasteiger charge is -2.24. The van der Waals surface area contributed by atoms with Gasteiger partial charge in [0.25, 0.3) is 0 Å². The standard InChI is InChI=1S/C18H23Cl2N3/c1-15-13-18(23(11-9-19)12-10-20)8-7-16(15)14-21-22-17-5-3-2-4-6-17/h2-8,13,21-22H,9-12,14H2,1H3. The predicted octanol–water partition coefficient (Wildman–Crippen LogP) is 4.40. The molecule has 0 saturated carbocycles. The quantitative estimate of drug-likeness (QED) is 0.518. The summed E-state index contributed by atoms with van der Waals surface area (Å²) in [5.74, 6) is 1.19. The Morgan fingerprint density at radius 1 is 0.957 bits per heavy atom. The van der Waals surface area contributed by atoms with Gasteiger partial charge in [-0.05, 0) is 42.3 Å². The molecule has 0 aliphatic heterocycles. The lowest BCUT2D eigenvalue weighted by molar-refractivity contribution is 0.795. The van der Waals surface area contributed by atoms with Crippen molar-refractivity contribution < 1.29 is 0 Å². The summed E-state index contributed by atoms with van der Waals surface area (Å²) in [6.45, 7) is 4.50. The number of benzene rings is 2. The first kappa shape index (κ1) is 17.9. The Morgan fingerprint density at radius 2 is 1.65 bits per heavy atom. The van der Waals surface area contributed by atoms with E-state index in [0.29, 0.717) is 11.8 Å². The Balaban J connectivity index is 1.95. The van der Waals surface area contributed by atoms with Crippen molar-refractivity contribution in [1.82, 2.24) is 5.43 Å². The number of aryl methyl sites for hydroxylation is 1. The van der Waals surface area contributed by atoms with Crippen molar-refractivity contribution in [1.29, 1.82) is 0 Å². The summed E-state index contributed by atoms with van der Waals surface area (Å²) in [5.41, 5.74) is 11.2. The Morgan fingerprint density at radius 3 is 2.26 bits per heavy atom. The van der Waals surface area contributed by atoms with Crippen molar-refractivity contribution in [2.24, 2.45) is 0 Å². The van der Waals surface area contributed by atoms with Gasteiger partial charge in [0.1, 0.15) is 0 Å². The predicted molar refractivity (Wildman–Crippen MR) is 102 cm³/mol. The maximum absolute atomic E-state index is 5.88. The summed E-state index contributed by atoms with van der Waals surface area (Å²) >= 11 is 11.8. The molecule has 23 heavy (non-hydrogen) atoms. The van der Waals surface area contributed by atoms with Crippen LogP contribution in [0.4, 0.5) is 11.4 Å². The third kappa shape index (κ3) is 5.61. The Labute approximate surface area is 148 Å². The highest BCUT2D eigenvalue weighted by Crippen LogP contribution is 2.19. The van der Waals surface area contributed by atoms with Crippen LogP contribution in [-0.4, -0.2) is 24.8 Å². The number of hydrazine groups is 1. The van der Waals surface area contributed by atoms with E-state index in [9.17, 15) is 0 Å². The van der Waals surface area contributed by atoms with E-state index in [1.807, 2.05) is 30.3 Å². The van der Waals surface area contributed by atoms with E-state index in [1.165, 1.54) is 16.8 Å². The SMILES string of the molecule is Cc1cc(N(CCCl)CCCl)ccc1CNNc1ccccc1. The highest BCUT2D eigenvalue weighted by molar-refractivity contribution is 6.18. The van der Waals surface area contributed by atoms with Crippen molar-refractivity contribution in [2.45, 2.75) is 13.5 Å². The molecule has 3 nitrogen and oxygen atoms in total. The molecule has 2 aromatic carbocycles. The molecule has 0 aliphatic carbocycles. The molecule has 0 fully saturated rings. The number of para-hydroxylation sites is 1. The number of hydrogen-bond acceptors (Lipinski definition) is 3. The van der Waals surface area contributed by atoms with Crippen LogP contribution in [0.2, 0.25) is 0 Å². The van der Waals surface area contributed by atoms with Gasteiger partial charge in [0.05, 0.1) is 0 Å². The molecule has 2 rings (SSSR count). The van der Waals surface area contributed by atoms with Gasteiger partial charge in [-0.3, -0.25) is 0 Å². The molecule has 2 N–H and O–H groups in total. The van der Waals surface area contributed by atoms with Crippen LogP contribution in [0, 0.1) is 6.92 Å². The zero-order chi connectivity index (χ0) is 16.5. The van der Waals surface area contributed by atoms with E-state index in [2.05, 4.69) is 40.9 Å². The number of nitrogens with one attached hydrogen (secondary N) is 2. The first-order valence-electron chi connectivity index (χ1n) is 7.75. The molecule has 0 radical (unpaired) electrons. The van der Waals surface area contributed by atoms with Crippen LogP contribution in [0.25, 0.3) is 0 Å². The normalized spacial score (nSPS) is 10.6. The van der Waals surface area contributed by atoms with E-state index < -0.39 is 0 Å². The summed E-state index contributed by atoms with van der Waals surface area (Å²) in [6, 6.07) is 16.5. The Hall–Kier alpha value is -1.42. The van der Waals surface area contributed by atoms with Crippen molar-refractivity contribution >= 4 is 34.6 Å². The number of hydrogen-bond donors (Lipinski definition) is 2. The fourth-order valence-corrected chi connectivity index (χ4v) is 2.82. The summed E-state index contributed by atoms with van der Waals surface area (Å²) in [7, 11) is 0. The first-order chi connectivity index (χ1) is 11.2. The second-order valence-corrected chi connectivity index (χ2v) is 6.08. The summed E-state index contributed by atoms with van der Waals surface area (Å²) in [5, 5.41) is 0. The minimum atomic E-state index is 0.597. The van der Waals surface area contributed by atoms with E-state index in [0.717, 1.165) is 25.3 Å². The molecule has 124 valence electrons. The van der Waals surface area contributed by atoms with Crippen molar-refractivity contribution in [3.63, 3.8) is 0 Å². The van der Waals surface area contributed by atoms with Crippen LogP contribution in [-0.2, 0) is 6.54 Å².